The van der Waals surface area contributed by atoms with Gasteiger partial charge in [-0.1, -0.05) is 95.6 Å². The Morgan fingerprint density at radius 1 is 0.857 bits per heavy atom. The van der Waals surface area contributed by atoms with E-state index in [2.05, 4.69) is 58.1 Å². The van der Waals surface area contributed by atoms with Crippen molar-refractivity contribution in [3.8, 4) is 22.4 Å². The summed E-state index contributed by atoms with van der Waals surface area (Å²) in [5, 5.41) is 9.91. The summed E-state index contributed by atoms with van der Waals surface area (Å²) in [6.07, 6.45) is 3.40. The van der Waals surface area contributed by atoms with E-state index in [0.717, 1.165) is 50.5 Å². The second-order valence-electron chi connectivity index (χ2n) is 10.2. The van der Waals surface area contributed by atoms with Gasteiger partial charge in [0.1, 0.15) is 17.7 Å². The van der Waals surface area contributed by atoms with Gasteiger partial charge in [-0.05, 0) is 42.7 Å². The van der Waals surface area contributed by atoms with Gasteiger partial charge in [0, 0.05) is 5.56 Å². The van der Waals surface area contributed by atoms with Crippen molar-refractivity contribution in [3.05, 3.63) is 132 Å². The third kappa shape index (κ3) is 4.73. The number of oxime groups is 1. The predicted octanol–water partition coefficient (Wildman–Crippen LogP) is 7.30. The van der Waals surface area contributed by atoms with Gasteiger partial charge in [0.25, 0.3) is 0 Å². The zero-order chi connectivity index (χ0) is 28.5. The summed E-state index contributed by atoms with van der Waals surface area (Å²) in [4.78, 5) is 15.5. The van der Waals surface area contributed by atoms with Crippen LogP contribution >= 0.6 is 0 Å². The minimum atomic E-state index is 0.131. The van der Waals surface area contributed by atoms with E-state index in [1.807, 2.05) is 67.6 Å². The summed E-state index contributed by atoms with van der Waals surface area (Å²) in [5.41, 5.74) is 8.70. The molecule has 0 saturated heterocycles. The molecule has 0 fully saturated rings. The van der Waals surface area contributed by atoms with Crippen molar-refractivity contribution in [2.24, 2.45) is 5.16 Å². The molecule has 3 aromatic carbocycles. The van der Waals surface area contributed by atoms with Gasteiger partial charge >= 0.3 is 0 Å². The Labute approximate surface area is 242 Å². The summed E-state index contributed by atoms with van der Waals surface area (Å²) in [6, 6.07) is 32.8. The average Bonchev–Trinajstić information content (AvgIpc) is 3.76. The normalized spacial score (nSPS) is 11.9. The second kappa shape index (κ2) is 10.8. The molecule has 0 saturated carbocycles. The van der Waals surface area contributed by atoms with Crippen molar-refractivity contribution in [2.75, 3.05) is 0 Å². The molecule has 0 amide bonds. The van der Waals surface area contributed by atoms with Crippen LogP contribution in [0.1, 0.15) is 29.6 Å². The molecule has 7 aromatic rings. The second-order valence-corrected chi connectivity index (χ2v) is 10.2. The highest BCUT2D eigenvalue weighted by molar-refractivity contribution is 6.09. The molecule has 0 bridgehead atoms. The number of hydrogen-bond donors (Lipinski definition) is 0. The number of aryl methyl sites for hydroxylation is 1. The maximum atomic E-state index is 5.77. The number of rotatable bonds is 8. The Hall–Kier alpha value is -5.50. The highest BCUT2D eigenvalue weighted by atomic mass is 16.6. The fourth-order valence-corrected chi connectivity index (χ4v) is 5.27. The van der Waals surface area contributed by atoms with E-state index in [-0.39, 0.29) is 6.61 Å². The van der Waals surface area contributed by atoms with Gasteiger partial charge in [0.05, 0.1) is 29.6 Å². The molecule has 0 N–H and O–H groups in total. The van der Waals surface area contributed by atoms with Gasteiger partial charge in [-0.25, -0.2) is 14.5 Å². The van der Waals surface area contributed by atoms with Gasteiger partial charge in [-0.15, -0.1) is 5.10 Å². The van der Waals surface area contributed by atoms with E-state index in [1.54, 1.807) is 17.1 Å². The summed E-state index contributed by atoms with van der Waals surface area (Å²) in [6.45, 7) is 4.63. The zero-order valence-corrected chi connectivity index (χ0v) is 23.3. The van der Waals surface area contributed by atoms with Gasteiger partial charge in [-0.3, -0.25) is 0 Å². The van der Waals surface area contributed by atoms with Crippen LogP contribution in [0.2, 0.25) is 0 Å². The van der Waals surface area contributed by atoms with Crippen LogP contribution < -0.4 is 0 Å². The third-order valence-electron chi connectivity index (χ3n) is 7.29. The van der Waals surface area contributed by atoms with Gasteiger partial charge in [0.2, 0.25) is 0 Å². The fraction of sp³-hybridized carbons (Fsp3) is 0.118. The van der Waals surface area contributed by atoms with Gasteiger partial charge < -0.3 is 13.8 Å². The van der Waals surface area contributed by atoms with E-state index in [1.165, 1.54) is 5.56 Å². The molecule has 4 heterocycles. The van der Waals surface area contributed by atoms with Gasteiger partial charge in [-0.2, -0.15) is 0 Å². The number of benzene rings is 3. The number of hydrogen-bond acceptors (Lipinski definition) is 6. The van der Waals surface area contributed by atoms with Crippen LogP contribution in [0.15, 0.2) is 119 Å². The molecule has 0 aliphatic carbocycles. The molecule has 0 aliphatic heterocycles. The van der Waals surface area contributed by atoms with Crippen LogP contribution in [0.4, 0.5) is 0 Å². The number of nitrogens with zero attached hydrogens (tertiary/aromatic N) is 6. The third-order valence-corrected chi connectivity index (χ3v) is 7.29. The molecule has 0 atom stereocenters. The Morgan fingerprint density at radius 3 is 2.31 bits per heavy atom. The van der Waals surface area contributed by atoms with E-state index >= 15 is 0 Å². The first-order valence-corrected chi connectivity index (χ1v) is 13.8. The number of furan rings is 1. The topological polar surface area (TPSA) is 82.7 Å². The lowest BCUT2D eigenvalue weighted by atomic mass is 9.99. The lowest BCUT2D eigenvalue weighted by Gasteiger charge is -2.11. The van der Waals surface area contributed by atoms with Crippen molar-refractivity contribution in [1.82, 2.24) is 24.1 Å². The summed E-state index contributed by atoms with van der Waals surface area (Å²) in [5.74, 6) is 1.35. The molecule has 0 unspecified atom stereocenters. The maximum absolute atomic E-state index is 5.77. The van der Waals surface area contributed by atoms with Crippen molar-refractivity contribution in [3.63, 3.8) is 0 Å². The van der Waals surface area contributed by atoms with Crippen molar-refractivity contribution >= 4 is 22.4 Å². The van der Waals surface area contributed by atoms with Crippen LogP contribution in [0.3, 0.4) is 0 Å². The average molecular weight is 553 g/mol. The summed E-state index contributed by atoms with van der Waals surface area (Å²) >= 11 is 0. The standard InChI is InChI=1S/C34H28N6O2/c1-23-15-17-25(18-16-23)24(2)38-42-21-29-36-34-31-30(26-10-5-3-6-11-26)32(27-12-7-4-8-13-27)39(20-28-14-9-19-41-28)33(31)35-22-40(34)37-29/h3-19,22H,20-21H2,1-2H3/b38-24-. The van der Waals surface area contributed by atoms with Crippen LogP contribution in [0, 0.1) is 6.92 Å². The minimum absolute atomic E-state index is 0.131. The van der Waals surface area contributed by atoms with Gasteiger partial charge in [0.15, 0.2) is 18.1 Å². The first kappa shape index (κ1) is 25.5. The van der Waals surface area contributed by atoms with Crippen molar-refractivity contribution in [2.45, 2.75) is 27.0 Å². The molecule has 0 aliphatic rings. The Morgan fingerprint density at radius 2 is 1.60 bits per heavy atom. The van der Waals surface area contributed by atoms with E-state index in [4.69, 9.17) is 19.2 Å². The summed E-state index contributed by atoms with van der Waals surface area (Å²) in [7, 11) is 0. The molecule has 8 heteroatoms. The Balaban J connectivity index is 1.37. The minimum Gasteiger partial charge on any atom is -0.467 e. The first-order chi connectivity index (χ1) is 20.7. The molecular formula is C34H28N6O2. The first-order valence-electron chi connectivity index (χ1n) is 13.8. The van der Waals surface area contributed by atoms with Crippen LogP contribution in [-0.2, 0) is 18.0 Å². The van der Waals surface area contributed by atoms with Crippen molar-refractivity contribution in [1.29, 1.82) is 0 Å². The molecule has 7 rings (SSSR count). The highest BCUT2D eigenvalue weighted by Gasteiger charge is 2.25. The van der Waals surface area contributed by atoms with E-state index < -0.39 is 0 Å². The fourth-order valence-electron chi connectivity index (χ4n) is 5.27. The van der Waals surface area contributed by atoms with E-state index in [9.17, 15) is 0 Å². The van der Waals surface area contributed by atoms with Crippen LogP contribution in [0.5, 0.6) is 0 Å². The largest absolute Gasteiger partial charge is 0.467 e. The van der Waals surface area contributed by atoms with E-state index in [0.29, 0.717) is 18.0 Å². The smallest absolute Gasteiger partial charge is 0.192 e. The Bertz CT molecular complexity index is 2010. The monoisotopic (exact) mass is 552 g/mol. The SMILES string of the molecule is C/C(=N/OCc1nc2c3c(-c4ccccc4)c(-c4ccccc4)n(Cc4ccco4)c3ncn2n1)c1ccc(C)cc1. The molecule has 206 valence electrons. The highest BCUT2D eigenvalue weighted by Crippen LogP contribution is 2.42. The zero-order valence-electron chi connectivity index (χ0n) is 23.3. The number of aromatic nitrogens is 5. The molecule has 42 heavy (non-hydrogen) atoms. The predicted molar refractivity (Wildman–Crippen MR) is 163 cm³/mol. The van der Waals surface area contributed by atoms with Crippen molar-refractivity contribution < 1.29 is 9.25 Å². The number of fused-ring (bicyclic) bond motifs is 3. The molecule has 0 spiro atoms. The lowest BCUT2D eigenvalue weighted by molar-refractivity contribution is 0.125. The molecular weight excluding hydrogens is 524 g/mol. The maximum Gasteiger partial charge on any atom is 0.192 e. The lowest BCUT2D eigenvalue weighted by Crippen LogP contribution is -2.03. The molecule has 4 aromatic heterocycles. The summed E-state index contributed by atoms with van der Waals surface area (Å²) < 4.78 is 9.69. The molecule has 0 radical (unpaired) electrons. The molecule has 8 nitrogen and oxygen atoms in total. The van der Waals surface area contributed by atoms with Crippen LogP contribution in [-0.4, -0.2) is 29.9 Å². The Kier molecular flexibility index (Phi) is 6.56. The van der Waals surface area contributed by atoms with Crippen LogP contribution in [0.25, 0.3) is 39.1 Å². The quantitative estimate of drug-likeness (QED) is 0.146.